The summed E-state index contributed by atoms with van der Waals surface area (Å²) in [5.41, 5.74) is 5.87. The summed E-state index contributed by atoms with van der Waals surface area (Å²) in [4.78, 5) is 2.97. The molecule has 2 aromatic rings. The van der Waals surface area contributed by atoms with Crippen LogP contribution in [0.5, 0.6) is 0 Å². The standard InChI is InChI=1S/C12H10BrF2N3O2S/c1-6-2-11(17-5-8(6)13)18-21(19,20)10-4-7(16)3-9(14)12(10)15/h2-5H,16H2,1H3,(H,17,18). The van der Waals surface area contributed by atoms with Crippen molar-refractivity contribution < 1.29 is 17.2 Å². The van der Waals surface area contributed by atoms with E-state index in [0.29, 0.717) is 10.5 Å². The first-order valence-corrected chi connectivity index (χ1v) is 7.88. The van der Waals surface area contributed by atoms with Crippen molar-refractivity contribution in [2.24, 2.45) is 0 Å². The zero-order chi connectivity index (χ0) is 15.8. The molecular weight excluding hydrogens is 368 g/mol. The van der Waals surface area contributed by atoms with Crippen LogP contribution in [-0.2, 0) is 10.0 Å². The fourth-order valence-corrected chi connectivity index (χ4v) is 2.91. The van der Waals surface area contributed by atoms with Crippen molar-refractivity contribution in [1.82, 2.24) is 4.98 Å². The first kappa shape index (κ1) is 15.6. The van der Waals surface area contributed by atoms with E-state index in [2.05, 4.69) is 25.6 Å². The van der Waals surface area contributed by atoms with Gasteiger partial charge in [0, 0.05) is 16.4 Å². The predicted octanol–water partition coefficient (Wildman–Crippen LogP) is 2.81. The number of hydrogen-bond acceptors (Lipinski definition) is 4. The number of halogens is 3. The van der Waals surface area contributed by atoms with Gasteiger partial charge in [0.2, 0.25) is 0 Å². The number of nitrogens with two attached hydrogens (primary N) is 1. The minimum absolute atomic E-state index is 0.0158. The minimum Gasteiger partial charge on any atom is -0.399 e. The number of nitrogens with one attached hydrogen (secondary N) is 1. The quantitative estimate of drug-likeness (QED) is 0.805. The van der Waals surface area contributed by atoms with Crippen LogP contribution >= 0.6 is 15.9 Å². The summed E-state index contributed by atoms with van der Waals surface area (Å²) >= 11 is 3.22. The third-order valence-electron chi connectivity index (χ3n) is 2.59. The van der Waals surface area contributed by atoms with E-state index in [1.807, 2.05) is 0 Å². The molecule has 3 N–H and O–H groups in total. The molecule has 0 bridgehead atoms. The molecule has 0 aliphatic rings. The van der Waals surface area contributed by atoms with Crippen molar-refractivity contribution in [3.05, 3.63) is 46.1 Å². The summed E-state index contributed by atoms with van der Waals surface area (Å²) in [6.07, 6.45) is 1.39. The van der Waals surface area contributed by atoms with Gasteiger partial charge in [-0.15, -0.1) is 0 Å². The van der Waals surface area contributed by atoms with Crippen LogP contribution in [0.2, 0.25) is 0 Å². The van der Waals surface area contributed by atoms with Crippen LogP contribution in [0.15, 0.2) is 33.8 Å². The number of aromatic nitrogens is 1. The van der Waals surface area contributed by atoms with Gasteiger partial charge in [-0.25, -0.2) is 22.2 Å². The van der Waals surface area contributed by atoms with Gasteiger partial charge in [-0.1, -0.05) is 0 Å². The number of anilines is 2. The molecule has 0 unspecified atom stereocenters. The Morgan fingerprint density at radius 2 is 1.95 bits per heavy atom. The molecule has 0 saturated carbocycles. The van der Waals surface area contributed by atoms with Gasteiger partial charge < -0.3 is 5.73 Å². The van der Waals surface area contributed by atoms with Gasteiger partial charge in [0.05, 0.1) is 0 Å². The van der Waals surface area contributed by atoms with Gasteiger partial charge in [-0.2, -0.15) is 0 Å². The maximum absolute atomic E-state index is 13.6. The predicted molar refractivity (Wildman–Crippen MR) is 78.3 cm³/mol. The number of nitrogens with zero attached hydrogens (tertiary/aromatic N) is 1. The maximum atomic E-state index is 13.6. The van der Waals surface area contributed by atoms with E-state index < -0.39 is 26.6 Å². The molecule has 2 rings (SSSR count). The lowest BCUT2D eigenvalue weighted by Crippen LogP contribution is -2.16. The van der Waals surface area contributed by atoms with Crippen LogP contribution < -0.4 is 10.5 Å². The number of sulfonamides is 1. The summed E-state index contributed by atoms with van der Waals surface area (Å²) in [5, 5.41) is 0. The van der Waals surface area contributed by atoms with E-state index in [1.165, 1.54) is 12.3 Å². The largest absolute Gasteiger partial charge is 0.399 e. The van der Waals surface area contributed by atoms with Crippen molar-refractivity contribution in [1.29, 1.82) is 0 Å². The third-order valence-corrected chi connectivity index (χ3v) is 4.78. The molecule has 5 nitrogen and oxygen atoms in total. The second kappa shape index (κ2) is 5.57. The molecule has 0 radical (unpaired) electrons. The van der Waals surface area contributed by atoms with Crippen molar-refractivity contribution >= 4 is 37.5 Å². The molecule has 9 heteroatoms. The number of nitrogen functional groups attached to an aromatic ring is 1. The Hall–Kier alpha value is -1.74. The molecule has 1 aromatic heterocycles. The highest BCUT2D eigenvalue weighted by Gasteiger charge is 2.23. The van der Waals surface area contributed by atoms with E-state index in [0.717, 1.165) is 11.6 Å². The molecule has 0 spiro atoms. The monoisotopic (exact) mass is 377 g/mol. The van der Waals surface area contributed by atoms with Crippen molar-refractivity contribution in [3.63, 3.8) is 0 Å². The number of hydrogen-bond donors (Lipinski definition) is 2. The Morgan fingerprint density at radius 3 is 2.57 bits per heavy atom. The number of aryl methyl sites for hydroxylation is 1. The van der Waals surface area contributed by atoms with Gasteiger partial charge in [0.25, 0.3) is 10.0 Å². The topological polar surface area (TPSA) is 85.1 Å². The lowest BCUT2D eigenvalue weighted by molar-refractivity contribution is 0.486. The number of pyridine rings is 1. The molecule has 0 aliphatic carbocycles. The molecule has 0 saturated heterocycles. The molecule has 1 aromatic carbocycles. The summed E-state index contributed by atoms with van der Waals surface area (Å²) in [6.45, 7) is 1.73. The SMILES string of the molecule is Cc1cc(NS(=O)(=O)c2cc(N)cc(F)c2F)ncc1Br. The Kier molecular flexibility index (Phi) is 4.15. The van der Waals surface area contributed by atoms with Gasteiger partial charge in [0.15, 0.2) is 11.6 Å². The molecule has 1 heterocycles. The van der Waals surface area contributed by atoms with Crippen LogP contribution in [0.1, 0.15) is 5.56 Å². The molecule has 21 heavy (non-hydrogen) atoms. The van der Waals surface area contributed by atoms with Gasteiger partial charge in [-0.05, 0) is 46.6 Å². The highest BCUT2D eigenvalue weighted by molar-refractivity contribution is 9.10. The smallest absolute Gasteiger partial charge is 0.266 e. The summed E-state index contributed by atoms with van der Waals surface area (Å²) < 4.78 is 53.9. The normalized spacial score (nSPS) is 11.4. The first-order chi connectivity index (χ1) is 9.70. The lowest BCUT2D eigenvalue weighted by Gasteiger charge is -2.10. The molecule has 0 aliphatic heterocycles. The van der Waals surface area contributed by atoms with Crippen molar-refractivity contribution in [2.45, 2.75) is 11.8 Å². The minimum atomic E-state index is -4.34. The van der Waals surface area contributed by atoms with E-state index in [9.17, 15) is 17.2 Å². The van der Waals surface area contributed by atoms with Gasteiger partial charge in [-0.3, -0.25) is 4.72 Å². The van der Waals surface area contributed by atoms with Crippen LogP contribution in [0, 0.1) is 18.6 Å². The third kappa shape index (κ3) is 3.30. The Balaban J connectivity index is 2.45. The molecular formula is C12H10BrF2N3O2S. The molecule has 0 fully saturated rings. The second-order valence-corrected chi connectivity index (χ2v) is 6.74. The average Bonchev–Trinajstić information content (AvgIpc) is 2.37. The van der Waals surface area contributed by atoms with E-state index in [-0.39, 0.29) is 11.5 Å². The second-order valence-electron chi connectivity index (χ2n) is 4.24. The highest BCUT2D eigenvalue weighted by Crippen LogP contribution is 2.24. The molecule has 0 amide bonds. The fraction of sp³-hybridized carbons (Fsp3) is 0.0833. The van der Waals surface area contributed by atoms with E-state index >= 15 is 0 Å². The van der Waals surface area contributed by atoms with Crippen molar-refractivity contribution in [2.75, 3.05) is 10.5 Å². The van der Waals surface area contributed by atoms with Crippen LogP contribution in [0.25, 0.3) is 0 Å². The Labute approximate surface area is 128 Å². The highest BCUT2D eigenvalue weighted by atomic mass is 79.9. The summed E-state index contributed by atoms with van der Waals surface area (Å²) in [7, 11) is -4.34. The lowest BCUT2D eigenvalue weighted by atomic mass is 10.3. The molecule has 0 atom stereocenters. The fourth-order valence-electron chi connectivity index (χ4n) is 1.57. The number of benzene rings is 1. The van der Waals surface area contributed by atoms with Crippen LogP contribution in [0.4, 0.5) is 20.3 Å². The van der Waals surface area contributed by atoms with Crippen molar-refractivity contribution in [3.8, 4) is 0 Å². The van der Waals surface area contributed by atoms with Crippen LogP contribution in [-0.4, -0.2) is 13.4 Å². The van der Waals surface area contributed by atoms with Gasteiger partial charge in [0.1, 0.15) is 10.7 Å². The molecule has 112 valence electrons. The zero-order valence-corrected chi connectivity index (χ0v) is 13.1. The summed E-state index contributed by atoms with van der Waals surface area (Å²) in [5.74, 6) is -2.85. The Morgan fingerprint density at radius 1 is 1.29 bits per heavy atom. The average molecular weight is 378 g/mol. The van der Waals surface area contributed by atoms with Gasteiger partial charge >= 0.3 is 0 Å². The first-order valence-electron chi connectivity index (χ1n) is 5.60. The maximum Gasteiger partial charge on any atom is 0.266 e. The Bertz CT molecular complexity index is 812. The number of rotatable bonds is 3. The summed E-state index contributed by atoms with van der Waals surface area (Å²) in [6, 6.07) is 2.99. The van der Waals surface area contributed by atoms with Crippen LogP contribution in [0.3, 0.4) is 0 Å². The van der Waals surface area contributed by atoms with E-state index in [4.69, 9.17) is 5.73 Å². The zero-order valence-electron chi connectivity index (χ0n) is 10.7. The van der Waals surface area contributed by atoms with E-state index in [1.54, 1.807) is 6.92 Å².